The fourth-order valence-electron chi connectivity index (χ4n) is 1.71. The van der Waals surface area contributed by atoms with Crippen molar-refractivity contribution in [3.05, 3.63) is 40.7 Å². The van der Waals surface area contributed by atoms with E-state index >= 15 is 0 Å². The van der Waals surface area contributed by atoms with Crippen LogP contribution in [0.5, 0.6) is 11.5 Å². The fraction of sp³-hybridized carbons (Fsp3) is 0.429. The molecule has 4 nitrogen and oxygen atoms in total. The smallest absolute Gasteiger partial charge is 0.127 e. The van der Waals surface area contributed by atoms with Gasteiger partial charge in [0.15, 0.2) is 0 Å². The molecular weight excluding hydrogens is 230 g/mol. The number of allylic oxidation sites excluding steroid dienone is 1. The van der Waals surface area contributed by atoms with Crippen LogP contribution in [0.25, 0.3) is 0 Å². The summed E-state index contributed by atoms with van der Waals surface area (Å²) in [4.78, 5) is 0. The van der Waals surface area contributed by atoms with Crippen molar-refractivity contribution in [3.8, 4) is 11.5 Å². The summed E-state index contributed by atoms with van der Waals surface area (Å²) in [6.07, 6.45) is 1.71. The van der Waals surface area contributed by atoms with E-state index in [1.807, 2.05) is 43.6 Å². The van der Waals surface area contributed by atoms with Gasteiger partial charge >= 0.3 is 0 Å². The first-order chi connectivity index (χ1) is 8.74. The lowest BCUT2D eigenvalue weighted by atomic mass is 10.1. The van der Waals surface area contributed by atoms with Gasteiger partial charge in [0.1, 0.15) is 18.1 Å². The highest BCUT2D eigenvalue weighted by Gasteiger charge is 2.02. The van der Waals surface area contributed by atoms with E-state index in [4.69, 9.17) is 9.47 Å². The van der Waals surface area contributed by atoms with Crippen LogP contribution >= 0.6 is 0 Å². The van der Waals surface area contributed by atoms with Crippen molar-refractivity contribution < 1.29 is 9.47 Å². The van der Waals surface area contributed by atoms with Crippen molar-refractivity contribution in [3.63, 3.8) is 0 Å². The van der Waals surface area contributed by atoms with Gasteiger partial charge < -0.3 is 20.2 Å². The van der Waals surface area contributed by atoms with Crippen LogP contribution < -0.4 is 15.0 Å². The number of ether oxygens (including phenoxy) is 2. The summed E-state index contributed by atoms with van der Waals surface area (Å²) in [6.45, 7) is 4.33. The highest BCUT2D eigenvalue weighted by Crippen LogP contribution is 2.18. The predicted octanol–water partition coefficient (Wildman–Crippen LogP) is 3.24. The van der Waals surface area contributed by atoms with Crippen molar-refractivity contribution in [1.82, 2.24) is 5.48 Å². The SMILES string of the molecule is CCC(CC)=C(COc1ccc(OC)cc1)N[O-]. The molecule has 0 aliphatic rings. The Morgan fingerprint density at radius 3 is 2.11 bits per heavy atom. The minimum absolute atomic E-state index is 0.271. The average molecular weight is 250 g/mol. The third kappa shape index (κ3) is 3.96. The first-order valence-electron chi connectivity index (χ1n) is 6.11. The van der Waals surface area contributed by atoms with E-state index in [2.05, 4.69) is 0 Å². The molecule has 18 heavy (non-hydrogen) atoms. The third-order valence-corrected chi connectivity index (χ3v) is 2.85. The van der Waals surface area contributed by atoms with Crippen molar-refractivity contribution in [2.24, 2.45) is 0 Å². The van der Waals surface area contributed by atoms with E-state index in [-0.39, 0.29) is 6.61 Å². The van der Waals surface area contributed by atoms with E-state index in [0.29, 0.717) is 5.70 Å². The van der Waals surface area contributed by atoms with E-state index in [0.717, 1.165) is 29.9 Å². The molecule has 0 spiro atoms. The zero-order valence-corrected chi connectivity index (χ0v) is 11.2. The highest BCUT2D eigenvalue weighted by atomic mass is 16.5. The van der Waals surface area contributed by atoms with Crippen LogP contribution in [0.2, 0.25) is 0 Å². The number of benzene rings is 1. The van der Waals surface area contributed by atoms with Crippen LogP contribution in [0.15, 0.2) is 35.5 Å². The lowest BCUT2D eigenvalue weighted by Gasteiger charge is -2.19. The number of rotatable bonds is 7. The number of methoxy groups -OCH3 is 1. The Hall–Kier alpha value is -1.68. The maximum Gasteiger partial charge on any atom is 0.127 e. The molecule has 0 saturated heterocycles. The second kappa shape index (κ2) is 7.61. The van der Waals surface area contributed by atoms with Crippen LogP contribution in [0.1, 0.15) is 26.7 Å². The van der Waals surface area contributed by atoms with Crippen molar-refractivity contribution in [2.45, 2.75) is 26.7 Å². The maximum absolute atomic E-state index is 10.9. The first-order valence-corrected chi connectivity index (χ1v) is 6.11. The molecule has 0 aliphatic heterocycles. The van der Waals surface area contributed by atoms with Gasteiger partial charge in [-0.1, -0.05) is 13.8 Å². The average Bonchev–Trinajstić information content (AvgIpc) is 2.44. The molecule has 0 fully saturated rings. The topological polar surface area (TPSA) is 53.5 Å². The summed E-state index contributed by atoms with van der Waals surface area (Å²) in [5.41, 5.74) is 3.69. The summed E-state index contributed by atoms with van der Waals surface area (Å²) in [5.74, 6) is 1.50. The molecule has 0 saturated carbocycles. The molecule has 1 N–H and O–H groups in total. The maximum atomic E-state index is 10.9. The van der Waals surface area contributed by atoms with E-state index < -0.39 is 0 Å². The highest BCUT2D eigenvalue weighted by molar-refractivity contribution is 5.31. The standard InChI is InChI=1S/C14H20NO3/c1-4-11(5-2)14(15-16)10-18-13-8-6-12(17-3)7-9-13/h6-9,15H,4-5,10H2,1-3H3/q-1. The summed E-state index contributed by atoms with van der Waals surface area (Å²) in [6, 6.07) is 7.28. The van der Waals surface area contributed by atoms with E-state index in [1.54, 1.807) is 7.11 Å². The number of hydroxylamine groups is 1. The van der Waals surface area contributed by atoms with Gasteiger partial charge in [-0.2, -0.15) is 0 Å². The summed E-state index contributed by atoms with van der Waals surface area (Å²) in [5, 5.41) is 10.9. The molecule has 0 atom stereocenters. The zero-order chi connectivity index (χ0) is 13.4. The molecule has 0 aromatic heterocycles. The van der Waals surface area contributed by atoms with Crippen LogP contribution in [0.4, 0.5) is 0 Å². The van der Waals surface area contributed by atoms with Crippen LogP contribution in [0, 0.1) is 5.21 Å². The number of nitrogens with one attached hydrogen (secondary N) is 1. The quantitative estimate of drug-likeness (QED) is 0.755. The second-order valence-corrected chi connectivity index (χ2v) is 3.86. The Balaban J connectivity index is 2.64. The zero-order valence-electron chi connectivity index (χ0n) is 11.2. The number of hydrogen-bond donors (Lipinski definition) is 1. The molecule has 0 heterocycles. The Morgan fingerprint density at radius 2 is 1.67 bits per heavy atom. The Labute approximate surface area is 108 Å². The molecule has 100 valence electrons. The van der Waals surface area contributed by atoms with Crippen LogP contribution in [-0.4, -0.2) is 13.7 Å². The van der Waals surface area contributed by atoms with Crippen LogP contribution in [-0.2, 0) is 0 Å². The molecule has 0 amide bonds. The largest absolute Gasteiger partial charge is 0.761 e. The number of hydrogen-bond acceptors (Lipinski definition) is 4. The molecule has 0 radical (unpaired) electrons. The van der Waals surface area contributed by atoms with E-state index in [1.165, 1.54) is 0 Å². The molecule has 1 aromatic carbocycles. The molecular formula is C14H20NO3-. The van der Waals surface area contributed by atoms with E-state index in [9.17, 15) is 5.21 Å². The van der Waals surface area contributed by atoms with Gasteiger partial charge in [0.2, 0.25) is 0 Å². The predicted molar refractivity (Wildman–Crippen MR) is 72.6 cm³/mol. The molecule has 0 bridgehead atoms. The van der Waals surface area contributed by atoms with Crippen molar-refractivity contribution >= 4 is 0 Å². The summed E-state index contributed by atoms with van der Waals surface area (Å²) < 4.78 is 10.6. The summed E-state index contributed by atoms with van der Waals surface area (Å²) >= 11 is 0. The molecule has 0 aliphatic carbocycles. The van der Waals surface area contributed by atoms with Gasteiger partial charge in [0.05, 0.1) is 7.11 Å². The minimum atomic E-state index is 0.271. The van der Waals surface area contributed by atoms with Gasteiger partial charge in [-0.15, -0.1) is 0 Å². The lowest BCUT2D eigenvalue weighted by Crippen LogP contribution is -2.15. The monoisotopic (exact) mass is 250 g/mol. The summed E-state index contributed by atoms with van der Waals surface area (Å²) in [7, 11) is 1.62. The molecule has 4 heteroatoms. The third-order valence-electron chi connectivity index (χ3n) is 2.85. The van der Waals surface area contributed by atoms with Crippen molar-refractivity contribution in [1.29, 1.82) is 0 Å². The second-order valence-electron chi connectivity index (χ2n) is 3.86. The van der Waals surface area contributed by atoms with Crippen LogP contribution in [0.3, 0.4) is 0 Å². The Bertz CT molecular complexity index is 379. The Morgan fingerprint density at radius 1 is 1.11 bits per heavy atom. The molecule has 1 aromatic rings. The van der Waals surface area contributed by atoms with Gasteiger partial charge in [-0.05, 0) is 42.7 Å². The normalized spacial score (nSPS) is 9.78. The van der Waals surface area contributed by atoms with Gasteiger partial charge in [0, 0.05) is 5.70 Å². The molecule has 0 unspecified atom stereocenters. The van der Waals surface area contributed by atoms with Crippen molar-refractivity contribution in [2.75, 3.05) is 13.7 Å². The molecule has 1 rings (SSSR count). The minimum Gasteiger partial charge on any atom is -0.761 e. The lowest BCUT2D eigenvalue weighted by molar-refractivity contribution is 0.342. The van der Waals surface area contributed by atoms with Gasteiger partial charge in [0.25, 0.3) is 0 Å². The van der Waals surface area contributed by atoms with Gasteiger partial charge in [-0.25, -0.2) is 0 Å². The van der Waals surface area contributed by atoms with Gasteiger partial charge in [-0.3, -0.25) is 0 Å². The Kier molecular flexibility index (Phi) is 6.08. The first kappa shape index (κ1) is 14.4. The fourth-order valence-corrected chi connectivity index (χ4v) is 1.71.